The zero-order valence-corrected chi connectivity index (χ0v) is 28.1. The zero-order chi connectivity index (χ0) is 32.9. The van der Waals surface area contributed by atoms with Crippen LogP contribution in [0.4, 0.5) is 0 Å². The third kappa shape index (κ3) is 3.99. The molecule has 17 atom stereocenters. The highest BCUT2D eigenvalue weighted by atomic mass is 16.7. The molecular formula is C35H58O10. The molecule has 258 valence electrons. The number of aliphatic hydroxyl groups excluding tert-OH is 6. The van der Waals surface area contributed by atoms with E-state index >= 15 is 0 Å². The van der Waals surface area contributed by atoms with E-state index in [1.54, 1.807) is 13.8 Å². The first-order valence-corrected chi connectivity index (χ1v) is 17.5. The summed E-state index contributed by atoms with van der Waals surface area (Å²) >= 11 is 0. The fourth-order valence-corrected chi connectivity index (χ4v) is 13.4. The Morgan fingerprint density at radius 2 is 1.42 bits per heavy atom. The lowest BCUT2D eigenvalue weighted by molar-refractivity contribution is -0.304. The van der Waals surface area contributed by atoms with E-state index in [9.17, 15) is 35.7 Å². The van der Waals surface area contributed by atoms with Crippen LogP contribution in [-0.2, 0) is 14.2 Å². The summed E-state index contributed by atoms with van der Waals surface area (Å²) < 4.78 is 18.6. The summed E-state index contributed by atoms with van der Waals surface area (Å²) in [5.74, 6) is -0.0832. The van der Waals surface area contributed by atoms with Crippen molar-refractivity contribution in [2.75, 3.05) is 6.61 Å². The molecule has 2 heterocycles. The maximum absolute atomic E-state index is 12.4. The third-order valence-electron chi connectivity index (χ3n) is 15.7. The van der Waals surface area contributed by atoms with Crippen molar-refractivity contribution in [3.8, 4) is 0 Å². The molecule has 0 unspecified atom stereocenters. The number of aliphatic hydroxyl groups is 7. The van der Waals surface area contributed by atoms with Gasteiger partial charge in [-0.15, -0.1) is 0 Å². The highest BCUT2D eigenvalue weighted by molar-refractivity contribution is 5.35. The Morgan fingerprint density at radius 1 is 0.756 bits per heavy atom. The Kier molecular flexibility index (Phi) is 7.25. The zero-order valence-electron chi connectivity index (χ0n) is 28.1. The van der Waals surface area contributed by atoms with Gasteiger partial charge in [0.1, 0.15) is 18.3 Å². The van der Waals surface area contributed by atoms with Crippen molar-refractivity contribution in [1.29, 1.82) is 0 Å². The summed E-state index contributed by atoms with van der Waals surface area (Å²) in [5.41, 5.74) is -3.82. The van der Waals surface area contributed by atoms with E-state index in [1.807, 2.05) is 6.92 Å². The minimum atomic E-state index is -1.33. The minimum absolute atomic E-state index is 0.0190. The van der Waals surface area contributed by atoms with Gasteiger partial charge in [0, 0.05) is 16.7 Å². The molecule has 7 fully saturated rings. The lowest BCUT2D eigenvalue weighted by Gasteiger charge is -2.65. The van der Waals surface area contributed by atoms with Gasteiger partial charge < -0.3 is 50.0 Å². The van der Waals surface area contributed by atoms with Gasteiger partial charge >= 0.3 is 0 Å². The van der Waals surface area contributed by atoms with Gasteiger partial charge in [0.05, 0.1) is 48.3 Å². The molecule has 0 aromatic heterocycles. The second-order valence-electron chi connectivity index (χ2n) is 18.2. The average Bonchev–Trinajstić information content (AvgIpc) is 3.36. The van der Waals surface area contributed by atoms with Crippen molar-refractivity contribution in [1.82, 2.24) is 0 Å². The molecule has 0 aromatic carbocycles. The molecule has 0 aromatic rings. The molecule has 5 saturated carbocycles. The van der Waals surface area contributed by atoms with Crippen molar-refractivity contribution in [2.24, 2.45) is 44.8 Å². The molecule has 2 aliphatic heterocycles. The molecule has 10 heteroatoms. The quantitative estimate of drug-likeness (QED) is 0.226. The molecule has 45 heavy (non-hydrogen) atoms. The highest BCUT2D eigenvalue weighted by Gasteiger charge is 2.86. The van der Waals surface area contributed by atoms with Gasteiger partial charge in [-0.05, 0) is 100 Å². The first kappa shape index (κ1) is 33.1. The van der Waals surface area contributed by atoms with E-state index in [0.717, 1.165) is 32.1 Å². The van der Waals surface area contributed by atoms with Gasteiger partial charge in [-0.25, -0.2) is 0 Å². The Morgan fingerprint density at radius 3 is 2.07 bits per heavy atom. The van der Waals surface area contributed by atoms with Crippen LogP contribution in [0.15, 0.2) is 0 Å². The average molecular weight is 639 g/mol. The van der Waals surface area contributed by atoms with Crippen molar-refractivity contribution in [3.63, 3.8) is 0 Å². The van der Waals surface area contributed by atoms with Crippen LogP contribution in [0.5, 0.6) is 0 Å². The molecule has 7 N–H and O–H groups in total. The molecule has 10 nitrogen and oxygen atoms in total. The van der Waals surface area contributed by atoms with E-state index in [1.165, 1.54) is 0 Å². The van der Waals surface area contributed by atoms with Crippen molar-refractivity contribution < 1.29 is 50.0 Å². The second kappa shape index (κ2) is 9.86. The molecule has 2 spiro atoms. The predicted octanol–water partition coefficient (Wildman–Crippen LogP) is 1.87. The Labute approximate surface area is 267 Å². The maximum Gasteiger partial charge on any atom is 0.186 e. The summed E-state index contributed by atoms with van der Waals surface area (Å²) in [5, 5.41) is 77.9. The van der Waals surface area contributed by atoms with Crippen LogP contribution in [-0.4, -0.2) is 109 Å². The lowest BCUT2D eigenvalue weighted by atomic mass is 9.40. The fourth-order valence-electron chi connectivity index (χ4n) is 13.4. The molecule has 0 bridgehead atoms. The topological polar surface area (TPSA) is 169 Å². The maximum atomic E-state index is 12.4. The molecule has 5 aliphatic carbocycles. The van der Waals surface area contributed by atoms with Crippen molar-refractivity contribution in [2.45, 2.75) is 166 Å². The standard InChI is InChI=1S/C35H58O10/c1-29(2)18-8-9-19-32(6)27(41)25(40)26(31(5)12-10-22(45-31)30(3,4)42)33(32,7)20(37)14-35(19)16-34(18,35)13-11-21(29)44-28-24(39)23(38)17(36)15-43-28/h17-28,36-42H,8-16H2,1-7H3/t17-,18+,19+,20-,21+,22-,23+,24-,25-,26-,27+,28+,31+,32-,33-,34-,35+/m1/s1. The Balaban J connectivity index is 1.18. The molecule has 0 amide bonds. The normalized spacial score (nSPS) is 60.4. The highest BCUT2D eigenvalue weighted by Crippen LogP contribution is 2.89. The van der Waals surface area contributed by atoms with Gasteiger partial charge in [0.15, 0.2) is 6.29 Å². The van der Waals surface area contributed by atoms with Crippen LogP contribution in [0.2, 0.25) is 0 Å². The number of hydrogen-bond acceptors (Lipinski definition) is 10. The predicted molar refractivity (Wildman–Crippen MR) is 162 cm³/mol. The van der Waals surface area contributed by atoms with E-state index in [0.29, 0.717) is 25.2 Å². The summed E-state index contributed by atoms with van der Waals surface area (Å²) in [7, 11) is 0. The summed E-state index contributed by atoms with van der Waals surface area (Å²) in [6.45, 7) is 14.1. The molecule has 0 radical (unpaired) electrons. The first-order chi connectivity index (χ1) is 20.7. The van der Waals surface area contributed by atoms with Crippen LogP contribution in [0.25, 0.3) is 0 Å². The number of ether oxygens (including phenoxy) is 3. The SMILES string of the molecule is CC(C)(O)[C@H]1CC[C@@](C)([C@H]2[C@@H](O)[C@H](O)[C@@]3(C)[C@@H]4CC[C@H]5C(C)(C)[C@@H](O[C@@H]6OC[C@@H](O)[C@H](O)[C@H]6O)CC[C@@]56C[C@@]46C[C@@H](O)[C@]23C)O1. The third-order valence-corrected chi connectivity index (χ3v) is 15.7. The smallest absolute Gasteiger partial charge is 0.186 e. The summed E-state index contributed by atoms with van der Waals surface area (Å²) in [6.07, 6.45) is -1.90. The van der Waals surface area contributed by atoms with E-state index in [4.69, 9.17) is 14.2 Å². The Hall–Kier alpha value is -0.400. The van der Waals surface area contributed by atoms with Gasteiger partial charge in [-0.3, -0.25) is 0 Å². The molecule has 2 saturated heterocycles. The van der Waals surface area contributed by atoms with E-state index in [2.05, 4.69) is 27.7 Å². The summed E-state index contributed by atoms with van der Waals surface area (Å²) in [4.78, 5) is 0. The first-order valence-electron chi connectivity index (χ1n) is 17.5. The van der Waals surface area contributed by atoms with E-state index < -0.39 is 70.9 Å². The fraction of sp³-hybridized carbons (Fsp3) is 1.00. The molecular weight excluding hydrogens is 580 g/mol. The number of rotatable bonds is 4. The molecule has 7 rings (SSSR count). The van der Waals surface area contributed by atoms with Gasteiger partial charge in [-0.1, -0.05) is 27.7 Å². The van der Waals surface area contributed by atoms with E-state index in [-0.39, 0.29) is 41.0 Å². The van der Waals surface area contributed by atoms with Crippen LogP contribution < -0.4 is 0 Å². The van der Waals surface area contributed by atoms with Gasteiger partial charge in [-0.2, -0.15) is 0 Å². The Bertz CT molecular complexity index is 1190. The van der Waals surface area contributed by atoms with Gasteiger partial charge in [0.2, 0.25) is 0 Å². The largest absolute Gasteiger partial charge is 0.393 e. The second-order valence-corrected chi connectivity index (χ2v) is 18.2. The summed E-state index contributed by atoms with van der Waals surface area (Å²) in [6, 6.07) is 0. The van der Waals surface area contributed by atoms with Crippen molar-refractivity contribution >= 4 is 0 Å². The van der Waals surface area contributed by atoms with Crippen LogP contribution in [0, 0.1) is 44.8 Å². The van der Waals surface area contributed by atoms with Gasteiger partial charge in [0.25, 0.3) is 0 Å². The monoisotopic (exact) mass is 638 g/mol. The number of hydrogen-bond donors (Lipinski definition) is 7. The van der Waals surface area contributed by atoms with Crippen molar-refractivity contribution in [3.05, 3.63) is 0 Å². The number of fused-ring (bicyclic) bond motifs is 2. The minimum Gasteiger partial charge on any atom is -0.393 e. The van der Waals surface area contributed by atoms with Crippen LogP contribution >= 0.6 is 0 Å². The van der Waals surface area contributed by atoms with Crippen LogP contribution in [0.1, 0.15) is 99.8 Å². The van der Waals surface area contributed by atoms with Crippen LogP contribution in [0.3, 0.4) is 0 Å². The lowest BCUT2D eigenvalue weighted by Crippen LogP contribution is -2.65. The molecule has 7 aliphatic rings.